The zero-order chi connectivity index (χ0) is 15.9. The molecule has 2 aliphatic heterocycles. The van der Waals surface area contributed by atoms with Gasteiger partial charge in [-0.2, -0.15) is 0 Å². The number of carbonyl (C=O) groups excluding carboxylic acids is 1. The second kappa shape index (κ2) is 8.82. The fourth-order valence-corrected chi connectivity index (χ4v) is 3.56. The first-order chi connectivity index (χ1) is 10.6. The normalized spacial score (nSPS) is 30.0. The highest BCUT2D eigenvalue weighted by Crippen LogP contribution is 2.20. The highest BCUT2D eigenvalue weighted by atomic mass is 16.5. The van der Waals surface area contributed by atoms with Crippen LogP contribution in [-0.2, 0) is 14.3 Å². The van der Waals surface area contributed by atoms with E-state index in [1.807, 2.05) is 0 Å². The molecule has 1 N–H and O–H groups in total. The highest BCUT2D eigenvalue weighted by molar-refractivity contribution is 5.78. The monoisotopic (exact) mass is 313 g/mol. The van der Waals surface area contributed by atoms with Crippen molar-refractivity contribution in [3.8, 4) is 0 Å². The average Bonchev–Trinajstić information content (AvgIpc) is 2.90. The number of nitrogens with one attached hydrogen (secondary N) is 1. The van der Waals surface area contributed by atoms with Crippen LogP contribution in [0.25, 0.3) is 0 Å². The molecule has 2 fully saturated rings. The number of methoxy groups -OCH3 is 1. The van der Waals surface area contributed by atoms with Gasteiger partial charge in [0.1, 0.15) is 0 Å². The zero-order valence-electron chi connectivity index (χ0n) is 14.2. The van der Waals surface area contributed by atoms with E-state index in [2.05, 4.69) is 29.0 Å². The van der Waals surface area contributed by atoms with Crippen molar-refractivity contribution < 1.29 is 14.3 Å². The van der Waals surface area contributed by atoms with Gasteiger partial charge in [-0.05, 0) is 26.7 Å². The lowest BCUT2D eigenvalue weighted by Crippen LogP contribution is -2.51. The van der Waals surface area contributed by atoms with Gasteiger partial charge in [-0.25, -0.2) is 0 Å². The van der Waals surface area contributed by atoms with E-state index in [1.165, 1.54) is 0 Å². The van der Waals surface area contributed by atoms with Crippen molar-refractivity contribution in [1.29, 1.82) is 0 Å². The van der Waals surface area contributed by atoms with Gasteiger partial charge in [0, 0.05) is 45.9 Å². The number of hydrogen-bond donors (Lipinski definition) is 1. The second-order valence-corrected chi connectivity index (χ2v) is 6.53. The van der Waals surface area contributed by atoms with Crippen LogP contribution >= 0.6 is 0 Å². The van der Waals surface area contributed by atoms with Gasteiger partial charge < -0.3 is 19.7 Å². The van der Waals surface area contributed by atoms with Gasteiger partial charge >= 0.3 is 0 Å². The van der Waals surface area contributed by atoms with Crippen LogP contribution in [0.4, 0.5) is 0 Å². The molecule has 22 heavy (non-hydrogen) atoms. The summed E-state index contributed by atoms with van der Waals surface area (Å²) in [6.07, 6.45) is 2.79. The van der Waals surface area contributed by atoms with E-state index in [-0.39, 0.29) is 18.1 Å². The Morgan fingerprint density at radius 2 is 2.05 bits per heavy atom. The Kier molecular flexibility index (Phi) is 7.08. The molecular formula is C16H31N3O3. The summed E-state index contributed by atoms with van der Waals surface area (Å²) in [5.74, 6) is 0.216. The van der Waals surface area contributed by atoms with Crippen molar-refractivity contribution in [2.45, 2.75) is 44.9 Å². The van der Waals surface area contributed by atoms with Crippen molar-refractivity contribution in [3.63, 3.8) is 0 Å². The van der Waals surface area contributed by atoms with E-state index in [0.29, 0.717) is 19.2 Å². The van der Waals surface area contributed by atoms with Crippen molar-refractivity contribution in [2.75, 3.05) is 53.0 Å². The number of likely N-dealkylation sites (tertiary alicyclic amines) is 1. The summed E-state index contributed by atoms with van der Waals surface area (Å²) in [5.41, 5.74) is 0. The lowest BCUT2D eigenvalue weighted by Gasteiger charge is -2.38. The molecule has 0 aromatic carbocycles. The van der Waals surface area contributed by atoms with Crippen LogP contribution in [0.5, 0.6) is 0 Å². The minimum absolute atomic E-state index is 0.216. The first kappa shape index (κ1) is 17.7. The highest BCUT2D eigenvalue weighted by Gasteiger charge is 2.32. The summed E-state index contributed by atoms with van der Waals surface area (Å²) >= 11 is 0. The van der Waals surface area contributed by atoms with Crippen molar-refractivity contribution >= 4 is 5.91 Å². The van der Waals surface area contributed by atoms with Crippen LogP contribution in [0.2, 0.25) is 0 Å². The molecule has 2 saturated heterocycles. The van der Waals surface area contributed by atoms with Crippen LogP contribution in [0.1, 0.15) is 26.7 Å². The third-order valence-electron chi connectivity index (χ3n) is 4.42. The Morgan fingerprint density at radius 1 is 1.32 bits per heavy atom. The molecule has 2 rings (SSSR count). The summed E-state index contributed by atoms with van der Waals surface area (Å²) in [6.45, 7) is 9.83. The lowest BCUT2D eigenvalue weighted by atomic mass is 10.1. The average molecular weight is 313 g/mol. The van der Waals surface area contributed by atoms with E-state index < -0.39 is 0 Å². The fraction of sp³-hybridized carbons (Fsp3) is 0.938. The first-order valence-corrected chi connectivity index (χ1v) is 8.47. The molecule has 0 aromatic rings. The predicted molar refractivity (Wildman–Crippen MR) is 85.9 cm³/mol. The Balaban J connectivity index is 1.78. The number of morpholine rings is 1. The number of hydrogen-bond acceptors (Lipinski definition) is 5. The maximum Gasteiger partial charge on any atom is 0.236 e. The molecule has 0 aliphatic carbocycles. The van der Waals surface area contributed by atoms with E-state index in [0.717, 1.165) is 45.6 Å². The van der Waals surface area contributed by atoms with Crippen molar-refractivity contribution in [3.05, 3.63) is 0 Å². The Morgan fingerprint density at radius 3 is 2.73 bits per heavy atom. The van der Waals surface area contributed by atoms with Gasteiger partial charge in [-0.3, -0.25) is 9.69 Å². The first-order valence-electron chi connectivity index (χ1n) is 8.47. The summed E-state index contributed by atoms with van der Waals surface area (Å²) in [7, 11) is 1.67. The fourth-order valence-electron chi connectivity index (χ4n) is 3.56. The van der Waals surface area contributed by atoms with E-state index >= 15 is 0 Å². The Bertz CT molecular complexity index is 344. The summed E-state index contributed by atoms with van der Waals surface area (Å²) in [5, 5.41) is 3.15. The number of nitrogens with zero attached hydrogens (tertiary/aromatic N) is 2. The summed E-state index contributed by atoms with van der Waals surface area (Å²) in [6, 6.07) is 0.356. The van der Waals surface area contributed by atoms with Gasteiger partial charge in [-0.1, -0.05) is 0 Å². The van der Waals surface area contributed by atoms with Gasteiger partial charge in [0.2, 0.25) is 5.91 Å². The molecular weight excluding hydrogens is 282 g/mol. The largest absolute Gasteiger partial charge is 0.383 e. The third kappa shape index (κ3) is 5.19. The number of carbonyl (C=O) groups is 1. The van der Waals surface area contributed by atoms with Crippen LogP contribution < -0.4 is 5.32 Å². The van der Waals surface area contributed by atoms with E-state index in [1.54, 1.807) is 7.11 Å². The molecule has 0 unspecified atom stereocenters. The molecule has 0 spiro atoms. The second-order valence-electron chi connectivity index (χ2n) is 6.53. The van der Waals surface area contributed by atoms with E-state index in [9.17, 15) is 4.79 Å². The maximum atomic E-state index is 12.4. The van der Waals surface area contributed by atoms with E-state index in [4.69, 9.17) is 9.47 Å². The Hall–Kier alpha value is -0.690. The lowest BCUT2D eigenvalue weighted by molar-refractivity contribution is -0.132. The van der Waals surface area contributed by atoms with Crippen LogP contribution in [0.15, 0.2) is 0 Å². The third-order valence-corrected chi connectivity index (χ3v) is 4.42. The minimum Gasteiger partial charge on any atom is -0.383 e. The molecule has 2 aliphatic rings. The van der Waals surface area contributed by atoms with Crippen molar-refractivity contribution in [1.82, 2.24) is 15.1 Å². The SMILES string of the molecule is COCCNCC(=O)N1CCC[C@@H]1CN1C[C@@H](C)O[C@@H](C)C1. The molecule has 0 aromatic heterocycles. The van der Waals surface area contributed by atoms with Gasteiger partial charge in [0.05, 0.1) is 25.4 Å². The molecule has 1 amide bonds. The standard InChI is InChI=1S/C16H31N3O3/c1-13-10-18(11-14(2)22-13)12-15-5-4-7-19(15)16(20)9-17-6-8-21-3/h13-15,17H,4-12H2,1-3H3/t13-,14+,15-/m1/s1. The van der Waals surface area contributed by atoms with Gasteiger partial charge in [0.25, 0.3) is 0 Å². The molecule has 6 heteroatoms. The predicted octanol–water partition coefficient (Wildman–Crippen LogP) is 0.323. The van der Waals surface area contributed by atoms with Crippen LogP contribution in [-0.4, -0.2) is 86.9 Å². The van der Waals surface area contributed by atoms with Gasteiger partial charge in [0.15, 0.2) is 0 Å². The van der Waals surface area contributed by atoms with Gasteiger partial charge in [-0.15, -0.1) is 0 Å². The smallest absolute Gasteiger partial charge is 0.236 e. The van der Waals surface area contributed by atoms with Crippen LogP contribution in [0, 0.1) is 0 Å². The molecule has 0 radical (unpaired) electrons. The topological polar surface area (TPSA) is 54.0 Å². The van der Waals surface area contributed by atoms with Crippen molar-refractivity contribution in [2.24, 2.45) is 0 Å². The van der Waals surface area contributed by atoms with Crippen LogP contribution in [0.3, 0.4) is 0 Å². The molecule has 6 nitrogen and oxygen atoms in total. The number of rotatable bonds is 7. The maximum absolute atomic E-state index is 12.4. The number of ether oxygens (including phenoxy) is 2. The zero-order valence-corrected chi connectivity index (χ0v) is 14.2. The minimum atomic E-state index is 0.216. The Labute approximate surface area is 134 Å². The summed E-state index contributed by atoms with van der Waals surface area (Å²) in [4.78, 5) is 16.9. The molecule has 0 bridgehead atoms. The number of amides is 1. The quantitative estimate of drug-likeness (QED) is 0.686. The molecule has 3 atom stereocenters. The molecule has 2 heterocycles. The molecule has 128 valence electrons. The molecule has 0 saturated carbocycles. The summed E-state index contributed by atoms with van der Waals surface area (Å²) < 4.78 is 10.8.